The van der Waals surface area contributed by atoms with Gasteiger partial charge in [0.1, 0.15) is 0 Å². The second-order valence-electron chi connectivity index (χ2n) is 4.37. The van der Waals surface area contributed by atoms with Crippen LogP contribution in [0.5, 0.6) is 0 Å². The Bertz CT molecular complexity index is 415. The van der Waals surface area contributed by atoms with Crippen molar-refractivity contribution in [3.8, 4) is 0 Å². The van der Waals surface area contributed by atoms with Gasteiger partial charge in [-0.15, -0.1) is 0 Å². The van der Waals surface area contributed by atoms with Crippen molar-refractivity contribution in [2.24, 2.45) is 5.92 Å². The zero-order valence-corrected chi connectivity index (χ0v) is 10.3. The molecule has 0 aliphatic heterocycles. The normalized spacial score (nSPS) is 11.8. The molecular formula is C13H18N2O3. The van der Waals surface area contributed by atoms with Crippen molar-refractivity contribution in [3.63, 3.8) is 0 Å². The molecule has 1 aromatic rings. The molecule has 0 bridgehead atoms. The molecule has 0 saturated carbocycles. The van der Waals surface area contributed by atoms with Crippen LogP contribution in [0, 0.1) is 5.92 Å². The van der Waals surface area contributed by atoms with Gasteiger partial charge < -0.3 is 16.2 Å². The van der Waals surface area contributed by atoms with Gasteiger partial charge >= 0.3 is 5.97 Å². The van der Waals surface area contributed by atoms with Crippen LogP contribution in [-0.4, -0.2) is 23.5 Å². The van der Waals surface area contributed by atoms with Crippen LogP contribution < -0.4 is 11.1 Å². The molecule has 0 radical (unpaired) electrons. The van der Waals surface area contributed by atoms with E-state index in [2.05, 4.69) is 5.32 Å². The number of benzene rings is 1. The summed E-state index contributed by atoms with van der Waals surface area (Å²) in [5, 5.41) is 11.3. The molecule has 0 aromatic heterocycles. The van der Waals surface area contributed by atoms with Gasteiger partial charge in [-0.05, 0) is 36.6 Å². The predicted octanol–water partition coefficient (Wildman–Crippen LogP) is 1.50. The van der Waals surface area contributed by atoms with E-state index in [0.29, 0.717) is 24.2 Å². The molecule has 98 valence electrons. The third-order valence-corrected chi connectivity index (χ3v) is 2.63. The van der Waals surface area contributed by atoms with Crippen molar-refractivity contribution in [3.05, 3.63) is 29.8 Å². The molecule has 0 aliphatic rings. The quantitative estimate of drug-likeness (QED) is 0.667. The number of carboxylic acids is 1. The first-order chi connectivity index (χ1) is 8.49. The van der Waals surface area contributed by atoms with E-state index in [1.54, 1.807) is 24.3 Å². The number of hydrogen-bond acceptors (Lipinski definition) is 3. The van der Waals surface area contributed by atoms with Crippen molar-refractivity contribution >= 4 is 17.6 Å². The van der Waals surface area contributed by atoms with Gasteiger partial charge in [-0.25, -0.2) is 0 Å². The molecule has 0 aliphatic carbocycles. The number of anilines is 1. The molecule has 18 heavy (non-hydrogen) atoms. The summed E-state index contributed by atoms with van der Waals surface area (Å²) in [5.41, 5.74) is 6.69. The molecule has 0 saturated heterocycles. The maximum Gasteiger partial charge on any atom is 0.303 e. The van der Waals surface area contributed by atoms with Crippen molar-refractivity contribution in [1.82, 2.24) is 5.32 Å². The van der Waals surface area contributed by atoms with E-state index in [1.807, 2.05) is 6.92 Å². The van der Waals surface area contributed by atoms with Crippen LogP contribution in [0.3, 0.4) is 0 Å². The average molecular weight is 250 g/mol. The smallest absolute Gasteiger partial charge is 0.303 e. The number of aliphatic carboxylic acids is 1. The average Bonchev–Trinajstić information content (AvgIpc) is 2.34. The number of nitrogen functional groups attached to an aromatic ring is 1. The van der Waals surface area contributed by atoms with Crippen molar-refractivity contribution < 1.29 is 14.7 Å². The Morgan fingerprint density at radius 2 is 1.94 bits per heavy atom. The van der Waals surface area contributed by atoms with E-state index in [0.717, 1.165) is 0 Å². The number of carbonyl (C=O) groups excluding carboxylic acids is 1. The fraction of sp³-hybridized carbons (Fsp3) is 0.385. The van der Waals surface area contributed by atoms with Crippen molar-refractivity contribution in [1.29, 1.82) is 0 Å². The molecule has 0 fully saturated rings. The standard InChI is InChI=1S/C13H18N2O3/c1-9(2-7-12(16)17)8-15-13(18)10-3-5-11(14)6-4-10/h3-6,9H,2,7-8,14H2,1H3,(H,15,18)(H,16,17). The van der Waals surface area contributed by atoms with Crippen LogP contribution in [0.25, 0.3) is 0 Å². The third kappa shape index (κ3) is 4.86. The Morgan fingerprint density at radius 3 is 2.50 bits per heavy atom. The molecule has 1 unspecified atom stereocenters. The van der Waals surface area contributed by atoms with Crippen LogP contribution in [0.2, 0.25) is 0 Å². The monoisotopic (exact) mass is 250 g/mol. The molecule has 1 amide bonds. The van der Waals surface area contributed by atoms with Crippen LogP contribution in [-0.2, 0) is 4.79 Å². The van der Waals surface area contributed by atoms with E-state index in [-0.39, 0.29) is 18.2 Å². The molecule has 1 rings (SSSR count). The van der Waals surface area contributed by atoms with E-state index in [1.165, 1.54) is 0 Å². The Balaban J connectivity index is 2.36. The molecular weight excluding hydrogens is 232 g/mol. The topological polar surface area (TPSA) is 92.4 Å². The highest BCUT2D eigenvalue weighted by molar-refractivity contribution is 5.94. The zero-order valence-electron chi connectivity index (χ0n) is 10.3. The Morgan fingerprint density at radius 1 is 1.33 bits per heavy atom. The highest BCUT2D eigenvalue weighted by Crippen LogP contribution is 2.07. The van der Waals surface area contributed by atoms with Gasteiger partial charge in [0.05, 0.1) is 0 Å². The summed E-state index contributed by atoms with van der Waals surface area (Å²) in [7, 11) is 0. The SMILES string of the molecule is CC(CCC(=O)O)CNC(=O)c1ccc(N)cc1. The molecule has 1 aromatic carbocycles. The molecule has 0 spiro atoms. The first-order valence-electron chi connectivity index (χ1n) is 5.84. The van der Waals surface area contributed by atoms with Crippen molar-refractivity contribution in [2.75, 3.05) is 12.3 Å². The minimum atomic E-state index is -0.813. The minimum absolute atomic E-state index is 0.124. The molecule has 5 heteroatoms. The van der Waals surface area contributed by atoms with Gasteiger partial charge in [-0.3, -0.25) is 9.59 Å². The number of nitrogens with two attached hydrogens (primary N) is 1. The van der Waals surface area contributed by atoms with Gasteiger partial charge in [0.2, 0.25) is 0 Å². The second-order valence-corrected chi connectivity index (χ2v) is 4.37. The number of amides is 1. The maximum absolute atomic E-state index is 11.7. The lowest BCUT2D eigenvalue weighted by molar-refractivity contribution is -0.137. The van der Waals surface area contributed by atoms with Gasteiger partial charge in [0.15, 0.2) is 0 Å². The van der Waals surface area contributed by atoms with E-state index in [9.17, 15) is 9.59 Å². The highest BCUT2D eigenvalue weighted by Gasteiger charge is 2.09. The molecule has 1 atom stereocenters. The number of nitrogens with one attached hydrogen (secondary N) is 1. The van der Waals surface area contributed by atoms with E-state index in [4.69, 9.17) is 10.8 Å². The summed E-state index contributed by atoms with van der Waals surface area (Å²) >= 11 is 0. The summed E-state index contributed by atoms with van der Waals surface area (Å²) in [4.78, 5) is 22.1. The number of rotatable bonds is 6. The summed E-state index contributed by atoms with van der Waals surface area (Å²) < 4.78 is 0. The number of hydrogen-bond donors (Lipinski definition) is 3. The second kappa shape index (κ2) is 6.64. The zero-order chi connectivity index (χ0) is 13.5. The van der Waals surface area contributed by atoms with Gasteiger partial charge in [-0.2, -0.15) is 0 Å². The highest BCUT2D eigenvalue weighted by atomic mass is 16.4. The Kier molecular flexibility index (Phi) is 5.17. The lowest BCUT2D eigenvalue weighted by Gasteiger charge is -2.11. The fourth-order valence-corrected chi connectivity index (χ4v) is 1.48. The summed E-state index contributed by atoms with van der Waals surface area (Å²) in [6, 6.07) is 6.66. The van der Waals surface area contributed by atoms with Crippen LogP contribution in [0.1, 0.15) is 30.1 Å². The van der Waals surface area contributed by atoms with Crippen LogP contribution >= 0.6 is 0 Å². The van der Waals surface area contributed by atoms with Gasteiger partial charge in [-0.1, -0.05) is 6.92 Å². The van der Waals surface area contributed by atoms with E-state index < -0.39 is 5.97 Å². The fourth-order valence-electron chi connectivity index (χ4n) is 1.48. The van der Waals surface area contributed by atoms with Crippen LogP contribution in [0.15, 0.2) is 24.3 Å². The summed E-state index contributed by atoms with van der Waals surface area (Å²) in [6.07, 6.45) is 0.677. The third-order valence-electron chi connectivity index (χ3n) is 2.63. The minimum Gasteiger partial charge on any atom is -0.481 e. The first kappa shape index (κ1) is 14.0. The molecule has 4 N–H and O–H groups in total. The van der Waals surface area contributed by atoms with Gasteiger partial charge in [0, 0.05) is 24.2 Å². The van der Waals surface area contributed by atoms with Crippen molar-refractivity contribution in [2.45, 2.75) is 19.8 Å². The predicted molar refractivity (Wildman–Crippen MR) is 69.2 cm³/mol. The van der Waals surface area contributed by atoms with Crippen LogP contribution in [0.4, 0.5) is 5.69 Å². The van der Waals surface area contributed by atoms with Gasteiger partial charge in [0.25, 0.3) is 5.91 Å². The maximum atomic E-state index is 11.7. The Labute approximate surface area is 106 Å². The molecule has 0 heterocycles. The Hall–Kier alpha value is -2.04. The summed E-state index contributed by atoms with van der Waals surface area (Å²) in [6.45, 7) is 2.38. The molecule has 5 nitrogen and oxygen atoms in total. The summed E-state index contributed by atoms with van der Waals surface area (Å²) in [5.74, 6) is -0.845. The lowest BCUT2D eigenvalue weighted by Crippen LogP contribution is -2.28. The van der Waals surface area contributed by atoms with E-state index >= 15 is 0 Å². The lowest BCUT2D eigenvalue weighted by atomic mass is 10.1. The largest absolute Gasteiger partial charge is 0.481 e. The first-order valence-corrected chi connectivity index (χ1v) is 5.84. The number of carboxylic acid groups (broad SMARTS) is 1. The number of carbonyl (C=O) groups is 2.